The van der Waals surface area contributed by atoms with Gasteiger partial charge in [-0.05, 0) is 48.1 Å². The molecule has 7 heteroatoms. The van der Waals surface area contributed by atoms with E-state index in [1.807, 2.05) is 85.8 Å². The molecule has 39 heavy (non-hydrogen) atoms. The molecule has 1 aliphatic rings. The van der Waals surface area contributed by atoms with Gasteiger partial charge in [0, 0.05) is 17.1 Å². The van der Waals surface area contributed by atoms with Crippen LogP contribution in [0.5, 0.6) is 0 Å². The predicted octanol–water partition coefficient (Wildman–Crippen LogP) is 7.59. The second-order valence-corrected chi connectivity index (χ2v) is 9.80. The average molecular weight is 519 g/mol. The first-order valence-corrected chi connectivity index (χ1v) is 12.8. The molecule has 1 unspecified atom stereocenters. The molecule has 0 spiro atoms. The monoisotopic (exact) mass is 518 g/mol. The van der Waals surface area contributed by atoms with E-state index in [2.05, 4.69) is 10.3 Å². The number of fused-ring (bicyclic) bond motifs is 1. The Kier molecular flexibility index (Phi) is 6.11. The third kappa shape index (κ3) is 4.63. The molecular weight excluding hydrogens is 492 g/mol. The molecule has 194 valence electrons. The van der Waals surface area contributed by atoms with Gasteiger partial charge in [0.2, 0.25) is 0 Å². The molecule has 1 fully saturated rings. The van der Waals surface area contributed by atoms with Crippen LogP contribution in [0.15, 0.2) is 102 Å². The van der Waals surface area contributed by atoms with Crippen LogP contribution in [0.3, 0.4) is 0 Å². The Bertz CT molecular complexity index is 1650. The number of carbonyl (C=O) groups excluding carboxylic acids is 1. The topological polar surface area (TPSA) is 102 Å². The lowest BCUT2D eigenvalue weighted by Gasteiger charge is -2.14. The maximum Gasteiger partial charge on any atom is 0.412 e. The summed E-state index contributed by atoms with van der Waals surface area (Å²) in [5.74, 6) is -0.259. The van der Waals surface area contributed by atoms with Gasteiger partial charge in [0.25, 0.3) is 0 Å². The zero-order chi connectivity index (χ0) is 27.0. The van der Waals surface area contributed by atoms with Crippen molar-refractivity contribution in [3.05, 3.63) is 108 Å². The summed E-state index contributed by atoms with van der Waals surface area (Å²) in [4.78, 5) is 28.7. The molecule has 1 amide bonds. The van der Waals surface area contributed by atoms with Gasteiger partial charge in [-0.1, -0.05) is 78.9 Å². The van der Waals surface area contributed by atoms with Crippen LogP contribution in [0.4, 0.5) is 10.5 Å². The van der Waals surface area contributed by atoms with Gasteiger partial charge in [0.05, 0.1) is 17.3 Å². The van der Waals surface area contributed by atoms with Gasteiger partial charge in [0.1, 0.15) is 6.10 Å². The van der Waals surface area contributed by atoms with Gasteiger partial charge in [-0.15, -0.1) is 0 Å². The number of aromatic nitrogens is 1. The normalized spacial score (nSPS) is 14.5. The molecule has 2 N–H and O–H groups in total. The average Bonchev–Trinajstić information content (AvgIpc) is 3.71. The quantitative estimate of drug-likeness (QED) is 0.230. The summed E-state index contributed by atoms with van der Waals surface area (Å²) in [6.45, 7) is 1.82. The van der Waals surface area contributed by atoms with E-state index in [1.54, 1.807) is 18.5 Å². The number of carboxylic acids is 1. The Morgan fingerprint density at radius 3 is 2.21 bits per heavy atom. The van der Waals surface area contributed by atoms with Gasteiger partial charge in [-0.3, -0.25) is 15.1 Å². The van der Waals surface area contributed by atoms with E-state index in [1.165, 1.54) is 0 Å². The second-order valence-electron chi connectivity index (χ2n) is 9.80. The number of hydrogen-bond donors (Lipinski definition) is 2. The first-order valence-electron chi connectivity index (χ1n) is 12.8. The fourth-order valence-electron chi connectivity index (χ4n) is 4.91. The predicted molar refractivity (Wildman–Crippen MR) is 148 cm³/mol. The number of amides is 1. The first kappa shape index (κ1) is 24.4. The molecule has 0 saturated heterocycles. The fourth-order valence-corrected chi connectivity index (χ4v) is 4.91. The summed E-state index contributed by atoms with van der Waals surface area (Å²) in [5.41, 5.74) is 4.82. The summed E-state index contributed by atoms with van der Waals surface area (Å²) in [6, 6.07) is 26.8. The van der Waals surface area contributed by atoms with Crippen molar-refractivity contribution in [3.63, 3.8) is 0 Å². The molecular formula is C32H26N2O5. The number of anilines is 1. The third-order valence-corrected chi connectivity index (χ3v) is 7.35. The number of pyridine rings is 1. The highest BCUT2D eigenvalue weighted by Crippen LogP contribution is 2.48. The molecule has 2 heterocycles. The maximum absolute atomic E-state index is 12.9. The SMILES string of the molecule is CC(OC(=O)Nc1c(-c2ccc(-c3ccc(C4(C(=O)O)CC4)cc3)cc2)oc2cnccc12)c1ccccc1. The lowest BCUT2D eigenvalue weighted by molar-refractivity contribution is -0.140. The van der Waals surface area contributed by atoms with Gasteiger partial charge in [-0.2, -0.15) is 0 Å². The van der Waals surface area contributed by atoms with Crippen molar-refractivity contribution in [2.75, 3.05) is 5.32 Å². The highest BCUT2D eigenvalue weighted by Gasteiger charge is 2.51. The first-order chi connectivity index (χ1) is 18.9. The minimum atomic E-state index is -0.761. The summed E-state index contributed by atoms with van der Waals surface area (Å²) in [5, 5.41) is 13.2. The van der Waals surface area contributed by atoms with E-state index >= 15 is 0 Å². The van der Waals surface area contributed by atoms with Crippen LogP contribution in [-0.4, -0.2) is 22.2 Å². The molecule has 6 rings (SSSR count). The van der Waals surface area contributed by atoms with Crippen LogP contribution in [0.25, 0.3) is 33.4 Å². The van der Waals surface area contributed by atoms with Crippen molar-refractivity contribution < 1.29 is 23.8 Å². The molecule has 7 nitrogen and oxygen atoms in total. The van der Waals surface area contributed by atoms with Crippen molar-refractivity contribution in [1.82, 2.24) is 4.98 Å². The van der Waals surface area contributed by atoms with Crippen LogP contribution >= 0.6 is 0 Å². The lowest BCUT2D eigenvalue weighted by Crippen LogP contribution is -2.19. The van der Waals surface area contributed by atoms with E-state index in [-0.39, 0.29) is 0 Å². The van der Waals surface area contributed by atoms with Crippen molar-refractivity contribution in [3.8, 4) is 22.5 Å². The smallest absolute Gasteiger partial charge is 0.412 e. The summed E-state index contributed by atoms with van der Waals surface area (Å²) in [7, 11) is 0. The zero-order valence-electron chi connectivity index (χ0n) is 21.3. The largest absolute Gasteiger partial charge is 0.481 e. The summed E-state index contributed by atoms with van der Waals surface area (Å²) < 4.78 is 11.8. The minimum Gasteiger partial charge on any atom is -0.481 e. The van der Waals surface area contributed by atoms with E-state index in [0.29, 0.717) is 29.9 Å². The number of hydrogen-bond acceptors (Lipinski definition) is 5. The van der Waals surface area contributed by atoms with Gasteiger partial charge >= 0.3 is 12.1 Å². The van der Waals surface area contributed by atoms with Crippen LogP contribution in [-0.2, 0) is 14.9 Å². The molecule has 1 aliphatic carbocycles. The summed E-state index contributed by atoms with van der Waals surface area (Å²) in [6.07, 6.45) is 3.61. The Morgan fingerprint density at radius 2 is 1.56 bits per heavy atom. The Balaban J connectivity index is 1.25. The Morgan fingerprint density at radius 1 is 0.923 bits per heavy atom. The molecule has 2 aromatic heterocycles. The lowest BCUT2D eigenvalue weighted by atomic mass is 9.93. The van der Waals surface area contributed by atoms with E-state index in [4.69, 9.17) is 9.15 Å². The van der Waals surface area contributed by atoms with Gasteiger partial charge < -0.3 is 14.3 Å². The minimum absolute atomic E-state index is 0.426. The van der Waals surface area contributed by atoms with E-state index < -0.39 is 23.6 Å². The molecule has 3 aromatic carbocycles. The van der Waals surface area contributed by atoms with Crippen LogP contribution in [0, 0.1) is 0 Å². The zero-order valence-corrected chi connectivity index (χ0v) is 21.3. The number of nitrogens with zero attached hydrogens (tertiary/aromatic N) is 1. The Labute approximate surface area is 225 Å². The number of carbonyl (C=O) groups is 2. The van der Waals surface area contributed by atoms with Crippen LogP contribution < -0.4 is 5.32 Å². The van der Waals surface area contributed by atoms with Crippen LogP contribution in [0.1, 0.15) is 37.0 Å². The number of carboxylic acid groups (broad SMARTS) is 1. The third-order valence-electron chi connectivity index (χ3n) is 7.35. The standard InChI is InChI=1S/C32H26N2O5/c1-20(21-5-3-2-4-6-21)38-31(37)34-28-26-15-18-33-19-27(26)39-29(28)24-9-7-22(8-10-24)23-11-13-25(14-12-23)32(16-17-32)30(35)36/h2-15,18-20H,16-17H2,1H3,(H,34,37)(H,35,36). The number of benzene rings is 3. The van der Waals surface area contributed by atoms with E-state index in [0.717, 1.165) is 33.2 Å². The van der Waals surface area contributed by atoms with Crippen molar-refractivity contribution >= 4 is 28.7 Å². The number of ether oxygens (including phenoxy) is 1. The molecule has 1 saturated carbocycles. The maximum atomic E-state index is 12.9. The second kappa shape index (κ2) is 9.76. The highest BCUT2D eigenvalue weighted by molar-refractivity contribution is 6.04. The van der Waals surface area contributed by atoms with Crippen molar-refractivity contribution in [2.45, 2.75) is 31.3 Å². The molecule has 0 bridgehead atoms. The van der Waals surface area contributed by atoms with Crippen molar-refractivity contribution in [2.24, 2.45) is 0 Å². The van der Waals surface area contributed by atoms with Crippen LogP contribution in [0.2, 0.25) is 0 Å². The number of aliphatic carboxylic acids is 1. The molecule has 0 radical (unpaired) electrons. The number of rotatable bonds is 7. The van der Waals surface area contributed by atoms with Gasteiger partial charge in [0.15, 0.2) is 11.3 Å². The molecule has 1 atom stereocenters. The van der Waals surface area contributed by atoms with Crippen molar-refractivity contribution in [1.29, 1.82) is 0 Å². The highest BCUT2D eigenvalue weighted by atomic mass is 16.6. The van der Waals surface area contributed by atoms with Gasteiger partial charge in [-0.25, -0.2) is 4.79 Å². The fraction of sp³-hybridized carbons (Fsp3) is 0.156. The molecule has 5 aromatic rings. The van der Waals surface area contributed by atoms with E-state index in [9.17, 15) is 14.7 Å². The number of nitrogens with one attached hydrogen (secondary N) is 1. The Hall–Kier alpha value is -4.91. The number of furan rings is 1. The summed E-state index contributed by atoms with van der Waals surface area (Å²) >= 11 is 0. The molecule has 0 aliphatic heterocycles.